The van der Waals surface area contributed by atoms with Gasteiger partial charge >= 0.3 is 31.1 Å². The molecule has 0 amide bonds. The molecule has 0 unspecified atom stereocenters. The van der Waals surface area contributed by atoms with E-state index in [-0.39, 0.29) is 17.1 Å². The Labute approximate surface area is 48.4 Å². The zero-order chi connectivity index (χ0) is 4.50. The summed E-state index contributed by atoms with van der Waals surface area (Å²) in [5, 5.41) is 0. The first-order chi connectivity index (χ1) is 2.00. The Morgan fingerprint density at radius 1 is 1.17 bits per heavy atom. The fraction of sp³-hybridized carbons (Fsp3) is 0. The Balaban J connectivity index is 0. The maximum absolute atomic E-state index is 8.87. The third-order valence-electron chi connectivity index (χ3n) is 0. The summed E-state index contributed by atoms with van der Waals surface area (Å²) in [7, 11) is 0. The Bertz CT molecular complexity index is 90.7. The molecule has 0 saturated carbocycles. The third-order valence-corrected chi connectivity index (χ3v) is 0. The van der Waals surface area contributed by atoms with Gasteiger partial charge in [0.15, 0.2) is 0 Å². The molecule has 0 saturated heterocycles. The number of rotatable bonds is 0. The van der Waals surface area contributed by atoms with Crippen LogP contribution in [0.1, 0.15) is 0 Å². The Morgan fingerprint density at radius 3 is 1.17 bits per heavy atom. The molecule has 0 rings (SSSR count). The van der Waals surface area contributed by atoms with Gasteiger partial charge < -0.3 is 0 Å². The van der Waals surface area contributed by atoms with Crippen molar-refractivity contribution in [2.75, 3.05) is 0 Å². The first-order valence-corrected chi connectivity index (χ1v) is 5.72. The van der Waals surface area contributed by atoms with Gasteiger partial charge in [0.1, 0.15) is 0 Å². The first kappa shape index (κ1) is 9.87. The van der Waals surface area contributed by atoms with Crippen LogP contribution < -0.4 is 0 Å². The van der Waals surface area contributed by atoms with Crippen molar-refractivity contribution >= 4 is 0 Å². The standard InChI is InChI=1S/Cu.2H2O.2O.W/h;2*1H2;;;/q;;;;;+2/p-2. The van der Waals surface area contributed by atoms with Crippen LogP contribution in [0.2, 0.25) is 0 Å². The summed E-state index contributed by atoms with van der Waals surface area (Å²) in [6.45, 7) is 0. The molecule has 0 atom stereocenters. The van der Waals surface area contributed by atoms with E-state index in [2.05, 4.69) is 0 Å². The summed E-state index contributed by atoms with van der Waals surface area (Å²) in [5.74, 6) is 0. The van der Waals surface area contributed by atoms with Crippen LogP contribution in [0.3, 0.4) is 0 Å². The van der Waals surface area contributed by atoms with Gasteiger partial charge in [-0.25, -0.2) is 0 Å². The van der Waals surface area contributed by atoms with Gasteiger partial charge in [-0.15, -0.1) is 0 Å². The van der Waals surface area contributed by atoms with Gasteiger partial charge in [-0.1, -0.05) is 0 Å². The topological polar surface area (TPSA) is 74.6 Å². The van der Waals surface area contributed by atoms with Gasteiger partial charge in [-0.05, 0) is 0 Å². The number of hydrogen-bond donors (Lipinski definition) is 2. The van der Waals surface area contributed by atoms with E-state index in [9.17, 15) is 0 Å². The molecule has 2 N–H and O–H groups in total. The van der Waals surface area contributed by atoms with E-state index in [0.717, 1.165) is 0 Å². The zero-order valence-corrected chi connectivity index (χ0v) is 6.30. The predicted molar refractivity (Wildman–Crippen MR) is 5.81 cm³/mol. The van der Waals surface area contributed by atoms with Crippen LogP contribution in [0.4, 0.5) is 0 Å². The molecular formula is H2CuO4W. The summed E-state index contributed by atoms with van der Waals surface area (Å²) in [5.41, 5.74) is 0. The number of hydrogen-bond acceptors (Lipinski definition) is 2. The average Bonchev–Trinajstić information content (AvgIpc) is 0.722. The summed E-state index contributed by atoms with van der Waals surface area (Å²) in [4.78, 5) is 0. The normalized spacial score (nSPS) is 9.67. The molecule has 0 aromatic heterocycles. The molecule has 0 aromatic carbocycles. The van der Waals surface area contributed by atoms with E-state index < -0.39 is 16.7 Å². The van der Waals surface area contributed by atoms with Gasteiger partial charge in [0.25, 0.3) is 0 Å². The van der Waals surface area contributed by atoms with Crippen LogP contribution in [-0.4, -0.2) is 7.52 Å². The molecule has 1 radical (unpaired) electrons. The van der Waals surface area contributed by atoms with E-state index in [0.29, 0.717) is 0 Å². The Kier molecular flexibility index (Phi) is 4.66. The summed E-state index contributed by atoms with van der Waals surface area (Å²) in [6.07, 6.45) is 0. The summed E-state index contributed by atoms with van der Waals surface area (Å²) in [6, 6.07) is 0. The molecule has 0 aliphatic heterocycles. The van der Waals surface area contributed by atoms with Gasteiger partial charge in [0.05, 0.1) is 0 Å². The van der Waals surface area contributed by atoms with Crippen LogP contribution >= 0.6 is 0 Å². The van der Waals surface area contributed by atoms with Crippen LogP contribution in [-0.2, 0) is 40.6 Å². The van der Waals surface area contributed by atoms with Crippen molar-refractivity contribution in [1.82, 2.24) is 0 Å². The summed E-state index contributed by atoms with van der Waals surface area (Å²) < 4.78 is 32.1. The molecule has 6 heavy (non-hydrogen) atoms. The Hall–Kier alpha value is 0.728. The quantitative estimate of drug-likeness (QED) is 0.542. The van der Waals surface area contributed by atoms with E-state index in [1.807, 2.05) is 0 Å². The van der Waals surface area contributed by atoms with Gasteiger partial charge in [0, 0.05) is 17.1 Å². The molecule has 0 fully saturated rings. The van der Waals surface area contributed by atoms with Crippen LogP contribution in [0.15, 0.2) is 0 Å². The van der Waals surface area contributed by atoms with Crippen LogP contribution in [0, 0.1) is 0 Å². The third kappa shape index (κ3) is 124. The first-order valence-electron chi connectivity index (χ1n) is 0.698. The molecule has 0 aliphatic rings. The summed E-state index contributed by atoms with van der Waals surface area (Å²) >= 11 is -5.67. The predicted octanol–water partition coefficient (Wildman–Crippen LogP) is -1.36. The molecular weight excluding hydrogens is 311 g/mol. The van der Waals surface area contributed by atoms with Crippen molar-refractivity contribution in [3.8, 4) is 0 Å². The second kappa shape index (κ2) is 2.83. The van der Waals surface area contributed by atoms with Crippen molar-refractivity contribution < 1.29 is 48.1 Å². The van der Waals surface area contributed by atoms with Crippen molar-refractivity contribution in [2.24, 2.45) is 0 Å². The fourth-order valence-corrected chi connectivity index (χ4v) is 0. The Morgan fingerprint density at radius 2 is 1.17 bits per heavy atom. The molecule has 0 aromatic rings. The fourth-order valence-electron chi connectivity index (χ4n) is 0. The van der Waals surface area contributed by atoms with E-state index in [1.165, 1.54) is 0 Å². The molecule has 0 aliphatic carbocycles. The van der Waals surface area contributed by atoms with Crippen molar-refractivity contribution in [1.29, 1.82) is 0 Å². The molecule has 43 valence electrons. The minimum absolute atomic E-state index is 0. The SMILES string of the molecule is [Cu].[O]=[W](=[O])([OH])[OH]. The zero-order valence-electron chi connectivity index (χ0n) is 2.42. The average molecular weight is 313 g/mol. The minimum atomic E-state index is -5.67. The molecule has 4 nitrogen and oxygen atoms in total. The monoisotopic (exact) mass is 313 g/mol. The molecule has 0 heterocycles. The van der Waals surface area contributed by atoms with E-state index in [1.54, 1.807) is 0 Å². The van der Waals surface area contributed by atoms with Crippen molar-refractivity contribution in [3.05, 3.63) is 0 Å². The second-order valence-electron chi connectivity index (χ2n) is 0.448. The molecule has 0 spiro atoms. The van der Waals surface area contributed by atoms with E-state index >= 15 is 0 Å². The van der Waals surface area contributed by atoms with Gasteiger partial charge in [-0.2, -0.15) is 0 Å². The second-order valence-corrected chi connectivity index (χ2v) is 3.67. The van der Waals surface area contributed by atoms with E-state index in [4.69, 9.17) is 14.3 Å². The van der Waals surface area contributed by atoms with Crippen LogP contribution in [0.5, 0.6) is 0 Å². The van der Waals surface area contributed by atoms with Gasteiger partial charge in [0.2, 0.25) is 0 Å². The molecule has 0 bridgehead atoms. The van der Waals surface area contributed by atoms with Crippen LogP contribution in [0.25, 0.3) is 0 Å². The molecule has 6 heteroatoms. The van der Waals surface area contributed by atoms with Crippen molar-refractivity contribution in [2.45, 2.75) is 0 Å². The maximum atomic E-state index is 8.87. The van der Waals surface area contributed by atoms with Crippen molar-refractivity contribution in [3.63, 3.8) is 0 Å². The van der Waals surface area contributed by atoms with Gasteiger partial charge in [-0.3, -0.25) is 0 Å².